The molecule has 2 atom stereocenters. The second-order valence-corrected chi connectivity index (χ2v) is 6.40. The molecule has 110 valence electrons. The average Bonchev–Trinajstić information content (AvgIpc) is 2.55. The molecule has 21 heavy (non-hydrogen) atoms. The predicted octanol–water partition coefficient (Wildman–Crippen LogP) is 4.53. The van der Waals surface area contributed by atoms with Crippen LogP contribution < -0.4 is 10.1 Å². The summed E-state index contributed by atoms with van der Waals surface area (Å²) in [4.78, 5) is 11.8. The summed E-state index contributed by atoms with van der Waals surface area (Å²) >= 11 is 7.01. The van der Waals surface area contributed by atoms with Crippen LogP contribution in [0.1, 0.15) is 10.4 Å². The minimum absolute atomic E-state index is 0.100. The zero-order chi connectivity index (χ0) is 15.2. The highest BCUT2D eigenvalue weighted by Crippen LogP contribution is 2.31. The molecule has 0 bridgehead atoms. The molecule has 5 heteroatoms. The lowest BCUT2D eigenvalue weighted by Gasteiger charge is -2.17. The third-order valence-corrected chi connectivity index (χ3v) is 5.69. The molecular weight excluding hydrogens is 398 g/mol. The molecule has 0 saturated heterocycles. The maximum absolute atomic E-state index is 12.3. The van der Waals surface area contributed by atoms with Gasteiger partial charge in [0, 0.05) is 5.69 Å². The molecule has 2 rings (SSSR count). The highest BCUT2D eigenvalue weighted by Gasteiger charge is 2.24. The molecule has 0 spiro atoms. The van der Waals surface area contributed by atoms with Gasteiger partial charge in [0.25, 0.3) is 0 Å². The fourth-order valence-corrected chi connectivity index (χ4v) is 2.79. The van der Waals surface area contributed by atoms with Crippen molar-refractivity contribution in [1.82, 2.24) is 0 Å². The molecule has 0 unspecified atom stereocenters. The number of ether oxygens (including phenoxy) is 1. The molecule has 0 heterocycles. The van der Waals surface area contributed by atoms with Crippen LogP contribution in [0.25, 0.3) is 0 Å². The lowest BCUT2D eigenvalue weighted by molar-refractivity contribution is -0.115. The van der Waals surface area contributed by atoms with E-state index in [1.54, 1.807) is 7.11 Å². The van der Waals surface area contributed by atoms with Gasteiger partial charge in [0.15, 0.2) is 0 Å². The van der Waals surface area contributed by atoms with Crippen molar-refractivity contribution in [2.24, 2.45) is 0 Å². The van der Waals surface area contributed by atoms with Crippen molar-refractivity contribution in [2.45, 2.75) is 9.65 Å². The Morgan fingerprint density at radius 3 is 2.24 bits per heavy atom. The van der Waals surface area contributed by atoms with Gasteiger partial charge in [-0.3, -0.25) is 4.79 Å². The van der Waals surface area contributed by atoms with E-state index in [0.29, 0.717) is 0 Å². The lowest BCUT2D eigenvalue weighted by Crippen LogP contribution is -2.26. The predicted molar refractivity (Wildman–Crippen MR) is 92.4 cm³/mol. The van der Waals surface area contributed by atoms with Crippen molar-refractivity contribution < 1.29 is 9.53 Å². The monoisotopic (exact) mass is 411 g/mol. The average molecular weight is 413 g/mol. The zero-order valence-electron chi connectivity index (χ0n) is 11.4. The first-order chi connectivity index (χ1) is 10.1. The standard InChI is InChI=1S/C16H15Br2NO2/c1-21-13-9-7-12(8-10-13)19-16(20)15(18)14(17)11-5-3-2-4-6-11/h2-10,14-15H,1H3,(H,19,20)/t14-,15+/m1/s1. The van der Waals surface area contributed by atoms with Crippen LogP contribution in [0, 0.1) is 0 Å². The fraction of sp³-hybridized carbons (Fsp3) is 0.188. The Labute approximate surface area is 141 Å². The summed E-state index contributed by atoms with van der Waals surface area (Å²) in [6.07, 6.45) is 0. The maximum atomic E-state index is 12.3. The van der Waals surface area contributed by atoms with Gasteiger partial charge in [0.05, 0.1) is 11.9 Å². The van der Waals surface area contributed by atoms with E-state index in [1.807, 2.05) is 54.6 Å². The van der Waals surface area contributed by atoms with E-state index >= 15 is 0 Å². The Morgan fingerprint density at radius 2 is 1.67 bits per heavy atom. The number of amides is 1. The molecule has 1 amide bonds. The molecule has 0 aliphatic heterocycles. The van der Waals surface area contributed by atoms with Crippen LogP contribution in [0.15, 0.2) is 54.6 Å². The number of carbonyl (C=O) groups excluding carboxylic acids is 1. The highest BCUT2D eigenvalue weighted by molar-refractivity contribution is 9.12. The molecule has 0 fully saturated rings. The summed E-state index contributed by atoms with van der Waals surface area (Å²) < 4.78 is 5.09. The minimum Gasteiger partial charge on any atom is -0.497 e. The molecule has 2 aromatic rings. The fourth-order valence-electron chi connectivity index (χ4n) is 1.82. The number of methoxy groups -OCH3 is 1. The van der Waals surface area contributed by atoms with Crippen molar-refractivity contribution in [1.29, 1.82) is 0 Å². The van der Waals surface area contributed by atoms with Gasteiger partial charge in [-0.05, 0) is 29.8 Å². The second-order valence-electron chi connectivity index (χ2n) is 4.43. The third kappa shape index (κ3) is 4.32. The number of hydrogen-bond donors (Lipinski definition) is 1. The first-order valence-electron chi connectivity index (χ1n) is 6.40. The van der Waals surface area contributed by atoms with E-state index in [9.17, 15) is 4.79 Å². The van der Waals surface area contributed by atoms with Gasteiger partial charge in [-0.2, -0.15) is 0 Å². The summed E-state index contributed by atoms with van der Waals surface area (Å²) in [7, 11) is 1.61. The molecule has 0 aromatic heterocycles. The van der Waals surface area contributed by atoms with Crippen molar-refractivity contribution >= 4 is 43.5 Å². The van der Waals surface area contributed by atoms with Gasteiger partial charge in [0.2, 0.25) is 5.91 Å². The lowest BCUT2D eigenvalue weighted by atomic mass is 10.1. The second kappa shape index (κ2) is 7.61. The molecular formula is C16H15Br2NO2. The number of benzene rings is 2. The normalized spacial score (nSPS) is 13.3. The summed E-state index contributed by atoms with van der Waals surface area (Å²) in [5, 5.41) is 2.87. The Balaban J connectivity index is 2.01. The van der Waals surface area contributed by atoms with Gasteiger partial charge in [0.1, 0.15) is 10.6 Å². The summed E-state index contributed by atoms with van der Waals surface area (Å²) in [6.45, 7) is 0. The largest absolute Gasteiger partial charge is 0.497 e. The van der Waals surface area contributed by atoms with Gasteiger partial charge in [-0.15, -0.1) is 0 Å². The summed E-state index contributed by atoms with van der Waals surface area (Å²) in [5.41, 5.74) is 1.78. The van der Waals surface area contributed by atoms with E-state index in [1.165, 1.54) is 0 Å². The quantitative estimate of drug-likeness (QED) is 0.732. The Kier molecular flexibility index (Phi) is 5.82. The number of nitrogens with one attached hydrogen (secondary N) is 1. The number of rotatable bonds is 5. The maximum Gasteiger partial charge on any atom is 0.239 e. The first kappa shape index (κ1) is 16.0. The minimum atomic E-state index is -0.373. The molecule has 0 saturated carbocycles. The van der Waals surface area contributed by atoms with Crippen LogP contribution in [0.3, 0.4) is 0 Å². The van der Waals surface area contributed by atoms with Gasteiger partial charge >= 0.3 is 0 Å². The SMILES string of the molecule is COc1ccc(NC(=O)[C@@H](Br)[C@H](Br)c2ccccc2)cc1. The Morgan fingerprint density at radius 1 is 1.05 bits per heavy atom. The van der Waals surface area contributed by atoms with Crippen LogP contribution in [-0.2, 0) is 4.79 Å². The third-order valence-electron chi connectivity index (χ3n) is 2.98. The number of anilines is 1. The Bertz CT molecular complexity index is 587. The molecule has 0 aliphatic carbocycles. The molecule has 0 radical (unpaired) electrons. The van der Waals surface area contributed by atoms with E-state index in [-0.39, 0.29) is 15.6 Å². The first-order valence-corrected chi connectivity index (χ1v) is 8.23. The van der Waals surface area contributed by atoms with Gasteiger partial charge in [-0.25, -0.2) is 0 Å². The molecule has 2 aromatic carbocycles. The number of halogens is 2. The van der Waals surface area contributed by atoms with Crippen molar-refractivity contribution in [3.8, 4) is 5.75 Å². The van der Waals surface area contributed by atoms with Crippen LogP contribution in [-0.4, -0.2) is 17.8 Å². The number of alkyl halides is 2. The van der Waals surface area contributed by atoms with E-state index in [0.717, 1.165) is 17.0 Å². The Hall–Kier alpha value is -1.33. The summed E-state index contributed by atoms with van der Waals surface area (Å²) in [6, 6.07) is 17.0. The molecule has 1 N–H and O–H groups in total. The van der Waals surface area contributed by atoms with E-state index in [2.05, 4.69) is 37.2 Å². The summed E-state index contributed by atoms with van der Waals surface area (Å²) in [5.74, 6) is 0.650. The molecule has 3 nitrogen and oxygen atoms in total. The molecule has 0 aliphatic rings. The number of hydrogen-bond acceptors (Lipinski definition) is 2. The van der Waals surface area contributed by atoms with Crippen LogP contribution in [0.2, 0.25) is 0 Å². The zero-order valence-corrected chi connectivity index (χ0v) is 14.6. The smallest absolute Gasteiger partial charge is 0.239 e. The van der Waals surface area contributed by atoms with Crippen molar-refractivity contribution in [3.63, 3.8) is 0 Å². The topological polar surface area (TPSA) is 38.3 Å². The van der Waals surface area contributed by atoms with Crippen LogP contribution >= 0.6 is 31.9 Å². The van der Waals surface area contributed by atoms with Crippen LogP contribution in [0.5, 0.6) is 5.75 Å². The van der Waals surface area contributed by atoms with Gasteiger partial charge < -0.3 is 10.1 Å². The van der Waals surface area contributed by atoms with Crippen LogP contribution in [0.4, 0.5) is 5.69 Å². The van der Waals surface area contributed by atoms with E-state index < -0.39 is 0 Å². The van der Waals surface area contributed by atoms with Gasteiger partial charge in [-0.1, -0.05) is 62.2 Å². The number of carbonyl (C=O) groups is 1. The van der Waals surface area contributed by atoms with Crippen molar-refractivity contribution in [3.05, 3.63) is 60.2 Å². The van der Waals surface area contributed by atoms with E-state index in [4.69, 9.17) is 4.74 Å². The van der Waals surface area contributed by atoms with Crippen molar-refractivity contribution in [2.75, 3.05) is 12.4 Å². The highest BCUT2D eigenvalue weighted by atomic mass is 79.9.